The smallest absolute Gasteiger partial charge is 0.321 e. The Morgan fingerprint density at radius 2 is 1.54 bits per heavy atom. The van der Waals surface area contributed by atoms with Gasteiger partial charge in [-0.1, -0.05) is 105 Å². The first-order chi connectivity index (χ1) is 31.1. The van der Waals surface area contributed by atoms with Crippen molar-refractivity contribution in [3.05, 3.63) is 87.0 Å². The zero-order valence-corrected chi connectivity index (χ0v) is 40.7. The number of carbonyl (C=O) groups is 4. The number of allylic oxidation sites excluding steroid dienone is 3. The van der Waals surface area contributed by atoms with E-state index in [0.29, 0.717) is 69.1 Å². The van der Waals surface area contributed by atoms with Gasteiger partial charge >= 0.3 is 11.9 Å². The van der Waals surface area contributed by atoms with Gasteiger partial charge in [0.15, 0.2) is 12.1 Å². The van der Waals surface area contributed by atoms with Gasteiger partial charge in [0.05, 0.1) is 29.7 Å². The van der Waals surface area contributed by atoms with E-state index in [9.17, 15) is 19.2 Å². The molecule has 0 radical (unpaired) electrons. The first-order valence-corrected chi connectivity index (χ1v) is 24.1. The van der Waals surface area contributed by atoms with Crippen molar-refractivity contribution in [3.8, 4) is 0 Å². The van der Waals surface area contributed by atoms with Crippen molar-refractivity contribution >= 4 is 63.3 Å². The number of aromatic nitrogens is 4. The fourth-order valence-electron chi connectivity index (χ4n) is 10.2. The van der Waals surface area contributed by atoms with Gasteiger partial charge in [0.1, 0.15) is 12.5 Å². The van der Waals surface area contributed by atoms with E-state index in [1.165, 1.54) is 57.6 Å². The number of ketones is 1. The van der Waals surface area contributed by atoms with Gasteiger partial charge < -0.3 is 19.4 Å². The summed E-state index contributed by atoms with van der Waals surface area (Å²) in [5.41, 5.74) is 11.0. The number of aromatic amines is 2. The third-order valence-corrected chi connectivity index (χ3v) is 14.3. The molecule has 5 atom stereocenters. The molecule has 0 aromatic carbocycles. The molecule has 3 aliphatic rings. The van der Waals surface area contributed by atoms with Crippen molar-refractivity contribution < 1.29 is 28.7 Å². The maximum absolute atomic E-state index is 14.4. The first-order valence-electron chi connectivity index (χ1n) is 24.1. The van der Waals surface area contributed by atoms with Gasteiger partial charge in [-0.05, 0) is 105 Å². The van der Waals surface area contributed by atoms with Crippen LogP contribution in [0, 0.1) is 31.6 Å². The summed E-state index contributed by atoms with van der Waals surface area (Å²) in [4.78, 5) is 71.2. The number of rotatable bonds is 21. The Hall–Kier alpha value is -5.38. The van der Waals surface area contributed by atoms with Crippen molar-refractivity contribution in [2.75, 3.05) is 13.7 Å². The SMILES string of the molecule is C=Cc1c(C)c2cc3nc(c4c5[nH]c(cc6nc(cc1[nH]2)C(C=O)=C6CC)c(C)c5C(=O)C4C(=O)OC)C(CCC(=O)OC/C=C(\C)CCCC(C)CCCC(C)CCCC(C)C)C3C. The van der Waals surface area contributed by atoms with Crippen LogP contribution in [0.25, 0.3) is 39.3 Å². The second-order valence-electron chi connectivity index (χ2n) is 19.5. The number of nitrogens with one attached hydrogen (secondary N) is 2. The fraction of sp³-hybridized carbons (Fsp3) is 0.527. The number of hydrogen-bond acceptors (Lipinski definition) is 8. The Morgan fingerprint density at radius 1 is 0.877 bits per heavy atom. The molecule has 0 saturated carbocycles. The number of ether oxygens (including phenoxy) is 2. The average Bonchev–Trinajstić information content (AvgIpc) is 4.02. The molecule has 3 aromatic heterocycles. The van der Waals surface area contributed by atoms with Crippen LogP contribution in [0.15, 0.2) is 36.4 Å². The fourth-order valence-corrected chi connectivity index (χ4v) is 10.2. The number of H-pyrrole nitrogens is 2. The van der Waals surface area contributed by atoms with Crippen LogP contribution in [0.3, 0.4) is 0 Å². The molecular weight excluding hydrogens is 813 g/mol. The predicted molar refractivity (Wildman–Crippen MR) is 263 cm³/mol. The highest BCUT2D eigenvalue weighted by Crippen LogP contribution is 2.48. The Balaban J connectivity index is 1.25. The minimum Gasteiger partial charge on any atom is -0.468 e. The van der Waals surface area contributed by atoms with E-state index in [1.54, 1.807) is 6.08 Å². The van der Waals surface area contributed by atoms with Crippen molar-refractivity contribution in [1.82, 2.24) is 19.9 Å². The van der Waals surface area contributed by atoms with Crippen molar-refractivity contribution in [2.45, 2.75) is 157 Å². The van der Waals surface area contributed by atoms with Crippen LogP contribution >= 0.6 is 0 Å². The third-order valence-electron chi connectivity index (χ3n) is 14.3. The van der Waals surface area contributed by atoms with Gasteiger partial charge in [-0.2, -0.15) is 0 Å². The molecule has 5 heterocycles. The Kier molecular flexibility index (Phi) is 16.4. The summed E-state index contributed by atoms with van der Waals surface area (Å²) in [6.07, 6.45) is 17.0. The maximum Gasteiger partial charge on any atom is 0.321 e. The lowest BCUT2D eigenvalue weighted by Crippen LogP contribution is -2.21. The second kappa shape index (κ2) is 21.7. The summed E-state index contributed by atoms with van der Waals surface area (Å²) in [7, 11) is 1.28. The molecule has 0 amide bonds. The highest BCUT2D eigenvalue weighted by Gasteiger charge is 2.45. The summed E-state index contributed by atoms with van der Waals surface area (Å²) in [6, 6.07) is 5.74. The number of Topliss-reactive ketones (excluding diaryl/α,β-unsaturated/α-hetero) is 1. The van der Waals surface area contributed by atoms with Gasteiger partial charge in [-0.3, -0.25) is 24.2 Å². The number of carbonyl (C=O) groups excluding carboxylic acids is 4. The van der Waals surface area contributed by atoms with Gasteiger partial charge in [0.2, 0.25) is 0 Å². The van der Waals surface area contributed by atoms with E-state index in [0.717, 1.165) is 64.4 Å². The zero-order chi connectivity index (χ0) is 47.1. The largest absolute Gasteiger partial charge is 0.468 e. The van der Waals surface area contributed by atoms with Crippen LogP contribution in [0.4, 0.5) is 0 Å². The van der Waals surface area contributed by atoms with Crippen LogP contribution in [0.5, 0.6) is 0 Å². The number of fused-ring (bicyclic) bond motifs is 8. The van der Waals surface area contributed by atoms with Crippen LogP contribution in [-0.2, 0) is 23.9 Å². The standard InChI is InChI=1S/C55H72N4O6/c1-12-38-35(8)42-27-43-36(9)40(23-24-48(61)65-26-25-34(7)22-16-21-33(6)20-15-19-32(5)18-14-17-31(3)4)52(58-43)50-51(55(63)64-11)54(62)49-37(10)44(59-53(49)50)28-46-39(13-2)41(30-60)47(57-46)29-45(38)56-42/h12,25,27-33,36,40,51,56,59H,1,13-24,26H2,2-11H3/b34-25+,42-27?,43-27?,44-28?,45-29?,46-28?,47-29?,52-50?. The van der Waals surface area contributed by atoms with Crippen LogP contribution < -0.4 is 0 Å². The monoisotopic (exact) mass is 885 g/mol. The minimum absolute atomic E-state index is 0.132. The van der Waals surface area contributed by atoms with Gasteiger partial charge in [-0.15, -0.1) is 0 Å². The van der Waals surface area contributed by atoms with E-state index in [2.05, 4.69) is 58.1 Å². The lowest BCUT2D eigenvalue weighted by atomic mass is 9.84. The Bertz CT molecular complexity index is 2530. The molecule has 0 fully saturated rings. The molecular formula is C55H72N4O6. The van der Waals surface area contributed by atoms with E-state index in [4.69, 9.17) is 19.4 Å². The van der Waals surface area contributed by atoms with Gasteiger partial charge in [0.25, 0.3) is 0 Å². The van der Waals surface area contributed by atoms with E-state index in [1.807, 2.05) is 45.0 Å². The Labute approximate surface area is 386 Å². The lowest BCUT2D eigenvalue weighted by Gasteiger charge is -2.18. The number of aryl methyl sites for hydroxylation is 2. The zero-order valence-electron chi connectivity index (χ0n) is 40.7. The molecule has 10 heteroatoms. The quantitative estimate of drug-likeness (QED) is 0.0466. The van der Waals surface area contributed by atoms with E-state index >= 15 is 0 Å². The average molecular weight is 885 g/mol. The number of nitrogens with zero attached hydrogens (tertiary/aromatic N) is 2. The lowest BCUT2D eigenvalue weighted by molar-refractivity contribution is -0.143. The molecule has 0 spiro atoms. The van der Waals surface area contributed by atoms with Crippen LogP contribution in [-0.4, -0.2) is 57.7 Å². The second-order valence-corrected chi connectivity index (χ2v) is 19.5. The van der Waals surface area contributed by atoms with E-state index < -0.39 is 11.9 Å². The molecule has 10 nitrogen and oxygen atoms in total. The molecule has 65 heavy (non-hydrogen) atoms. The van der Waals surface area contributed by atoms with Crippen molar-refractivity contribution in [1.29, 1.82) is 0 Å². The van der Waals surface area contributed by atoms with Crippen LogP contribution in [0.1, 0.15) is 199 Å². The maximum atomic E-state index is 14.4. The van der Waals surface area contributed by atoms with Crippen molar-refractivity contribution in [3.63, 3.8) is 0 Å². The summed E-state index contributed by atoms with van der Waals surface area (Å²) >= 11 is 0. The first kappa shape index (κ1) is 49.1. The van der Waals surface area contributed by atoms with E-state index in [-0.39, 0.29) is 36.6 Å². The summed E-state index contributed by atoms with van der Waals surface area (Å²) in [5.74, 6) is -0.790. The molecule has 348 valence electrons. The van der Waals surface area contributed by atoms with Crippen LogP contribution in [0.2, 0.25) is 0 Å². The molecule has 8 bridgehead atoms. The van der Waals surface area contributed by atoms with Gasteiger partial charge in [-0.25, -0.2) is 4.98 Å². The molecule has 2 aliphatic heterocycles. The molecule has 2 N–H and O–H groups in total. The number of methoxy groups -OCH3 is 1. The summed E-state index contributed by atoms with van der Waals surface area (Å²) in [6.45, 7) is 23.7. The number of aldehydes is 1. The number of esters is 2. The summed E-state index contributed by atoms with van der Waals surface area (Å²) in [5, 5.41) is 0. The van der Waals surface area contributed by atoms with Gasteiger partial charge in [0, 0.05) is 62.8 Å². The third kappa shape index (κ3) is 10.8. The minimum atomic E-state index is -1.23. The summed E-state index contributed by atoms with van der Waals surface area (Å²) < 4.78 is 11.0. The van der Waals surface area contributed by atoms with Crippen molar-refractivity contribution in [2.24, 2.45) is 17.8 Å². The molecule has 1 aliphatic carbocycles. The Morgan fingerprint density at radius 3 is 2.18 bits per heavy atom. The molecule has 0 saturated heterocycles. The highest BCUT2D eigenvalue weighted by atomic mass is 16.5. The highest BCUT2D eigenvalue weighted by molar-refractivity contribution is 6.24. The number of hydrogen-bond donors (Lipinski definition) is 2. The normalized spacial score (nSPS) is 18.0. The molecule has 3 aromatic rings. The predicted octanol–water partition coefficient (Wildman–Crippen LogP) is 13.1. The molecule has 5 unspecified atom stereocenters. The topological polar surface area (TPSA) is 144 Å². The molecule has 6 rings (SSSR count).